The molecule has 3 heterocycles. The fraction of sp³-hybridized carbons (Fsp3) is 0.308. The van der Waals surface area contributed by atoms with Gasteiger partial charge in [0, 0.05) is 22.5 Å². The number of hydrogen-bond acceptors (Lipinski definition) is 4. The van der Waals surface area contributed by atoms with Gasteiger partial charge >= 0.3 is 0 Å². The van der Waals surface area contributed by atoms with Crippen LogP contribution in [0, 0.1) is 0 Å². The van der Waals surface area contributed by atoms with Gasteiger partial charge in [-0.25, -0.2) is 20.0 Å². The van der Waals surface area contributed by atoms with Crippen LogP contribution in [0.1, 0.15) is 59.3 Å². The third-order valence-corrected chi connectivity index (χ3v) is 6.45. The van der Waals surface area contributed by atoms with Crippen molar-refractivity contribution in [2.75, 3.05) is 5.32 Å². The maximum Gasteiger partial charge on any atom is 0.164 e. The van der Waals surface area contributed by atoms with Crippen LogP contribution >= 0.6 is 0 Å². The van der Waals surface area contributed by atoms with E-state index < -0.39 is 0 Å². The Morgan fingerprint density at radius 2 is 1.35 bits per heavy atom. The lowest BCUT2D eigenvalue weighted by Gasteiger charge is -2.16. The summed E-state index contributed by atoms with van der Waals surface area (Å²) in [5.74, 6) is 3.10. The first-order valence-corrected chi connectivity index (χ1v) is 11.4. The normalized spacial score (nSPS) is 18.2. The van der Waals surface area contributed by atoms with Gasteiger partial charge in [0.15, 0.2) is 11.7 Å². The number of nitrogens with one attached hydrogen (secondary N) is 1. The van der Waals surface area contributed by atoms with Crippen LogP contribution < -0.4 is 5.32 Å². The van der Waals surface area contributed by atoms with Crippen LogP contribution in [0.15, 0.2) is 58.5 Å². The van der Waals surface area contributed by atoms with Gasteiger partial charge in [-0.05, 0) is 74.6 Å². The van der Waals surface area contributed by atoms with Gasteiger partial charge in [0.25, 0.3) is 0 Å². The Labute approximate surface area is 182 Å². The zero-order valence-corrected chi connectivity index (χ0v) is 17.6. The van der Waals surface area contributed by atoms with Gasteiger partial charge in [-0.3, -0.25) is 0 Å². The summed E-state index contributed by atoms with van der Waals surface area (Å²) >= 11 is 0. The van der Waals surface area contributed by atoms with Crippen LogP contribution in [0.3, 0.4) is 0 Å². The Morgan fingerprint density at radius 3 is 2.16 bits per heavy atom. The monoisotopic (exact) mass is 407 g/mol. The molecular weight excluding hydrogens is 382 g/mol. The molecule has 0 bridgehead atoms. The smallest absolute Gasteiger partial charge is 0.164 e. The van der Waals surface area contributed by atoms with Crippen molar-refractivity contribution in [3.05, 3.63) is 82.2 Å². The molecule has 1 aromatic carbocycles. The number of amidine groups is 2. The Morgan fingerprint density at radius 1 is 0.677 bits per heavy atom. The van der Waals surface area contributed by atoms with E-state index in [9.17, 15) is 0 Å². The minimum Gasteiger partial charge on any atom is -0.324 e. The Kier molecular flexibility index (Phi) is 4.59. The third kappa shape index (κ3) is 3.54. The highest BCUT2D eigenvalue weighted by Crippen LogP contribution is 2.27. The Bertz CT molecular complexity index is 1220. The number of fused-ring (bicyclic) bond motifs is 3. The molecule has 3 aromatic rings. The van der Waals surface area contributed by atoms with Crippen molar-refractivity contribution in [3.63, 3.8) is 0 Å². The van der Waals surface area contributed by atoms with E-state index in [-0.39, 0.29) is 0 Å². The van der Waals surface area contributed by atoms with Gasteiger partial charge in [0.1, 0.15) is 11.7 Å². The molecule has 3 aliphatic rings. The van der Waals surface area contributed by atoms with Crippen molar-refractivity contribution in [1.82, 2.24) is 9.97 Å². The topological polar surface area (TPSA) is 62.5 Å². The average Bonchev–Trinajstić information content (AvgIpc) is 3.16. The summed E-state index contributed by atoms with van der Waals surface area (Å²) in [4.78, 5) is 19.4. The van der Waals surface area contributed by atoms with E-state index in [1.54, 1.807) is 0 Å². The first-order valence-electron chi connectivity index (χ1n) is 11.4. The van der Waals surface area contributed by atoms with Gasteiger partial charge in [-0.15, -0.1) is 0 Å². The van der Waals surface area contributed by atoms with E-state index in [2.05, 4.69) is 35.6 Å². The van der Waals surface area contributed by atoms with Crippen LogP contribution in [-0.2, 0) is 25.7 Å². The molecular formula is C26H25N5. The SMILES string of the molecule is c1ccc2c(c1)C(=Nc1ccc3c(n1)CCCC3)N=C2Nc1ccc2c(n1)CCCC2. The molecule has 0 saturated carbocycles. The van der Waals surface area contributed by atoms with Crippen LogP contribution in [0.5, 0.6) is 0 Å². The maximum atomic E-state index is 4.86. The number of rotatable bonds is 2. The largest absolute Gasteiger partial charge is 0.324 e. The van der Waals surface area contributed by atoms with Gasteiger partial charge in [-0.1, -0.05) is 36.4 Å². The molecule has 2 aliphatic carbocycles. The third-order valence-electron chi connectivity index (χ3n) is 6.45. The molecule has 0 saturated heterocycles. The summed E-state index contributed by atoms with van der Waals surface area (Å²) in [6, 6.07) is 16.7. The highest BCUT2D eigenvalue weighted by atomic mass is 15.1. The molecule has 2 aromatic heterocycles. The summed E-state index contributed by atoms with van der Waals surface area (Å²) in [6.07, 6.45) is 9.32. The van der Waals surface area contributed by atoms with Crippen LogP contribution in [-0.4, -0.2) is 21.6 Å². The first-order chi connectivity index (χ1) is 15.3. The van der Waals surface area contributed by atoms with Gasteiger partial charge in [0.2, 0.25) is 0 Å². The number of pyridine rings is 2. The molecule has 0 fully saturated rings. The van der Waals surface area contributed by atoms with Crippen LogP contribution in [0.25, 0.3) is 0 Å². The van der Waals surface area contributed by atoms with Crippen molar-refractivity contribution >= 4 is 23.3 Å². The minimum absolute atomic E-state index is 0.708. The van der Waals surface area contributed by atoms with Gasteiger partial charge < -0.3 is 5.32 Å². The van der Waals surface area contributed by atoms with Crippen molar-refractivity contribution in [3.8, 4) is 0 Å². The van der Waals surface area contributed by atoms with Crippen LogP contribution in [0.4, 0.5) is 11.6 Å². The van der Waals surface area contributed by atoms with E-state index in [1.165, 1.54) is 48.2 Å². The van der Waals surface area contributed by atoms with E-state index in [1.807, 2.05) is 18.2 Å². The first kappa shape index (κ1) is 18.4. The van der Waals surface area contributed by atoms with E-state index in [4.69, 9.17) is 20.0 Å². The molecule has 0 spiro atoms. The molecule has 1 N–H and O–H groups in total. The number of benzene rings is 1. The maximum absolute atomic E-state index is 4.86. The predicted molar refractivity (Wildman–Crippen MR) is 125 cm³/mol. The average molecular weight is 408 g/mol. The highest BCUT2D eigenvalue weighted by Gasteiger charge is 2.23. The lowest BCUT2D eigenvalue weighted by molar-refractivity contribution is 0.668. The standard InChI is InChI=1S/C26H25N5/c1-5-11-21-17(7-1)13-15-23(27-21)29-25-19-9-3-4-10-20(19)26(31-25)30-24-16-14-18-8-2-6-12-22(18)28-24/h3-4,9-10,13-16H,1-2,5-8,11-12H2,(H,27,28,29,30,31). The molecule has 0 radical (unpaired) electrons. The van der Waals surface area contributed by atoms with Gasteiger partial charge in [-0.2, -0.15) is 0 Å². The number of nitrogens with zero attached hydrogens (tertiary/aromatic N) is 4. The quantitative estimate of drug-likeness (QED) is 0.636. The molecule has 154 valence electrons. The lowest BCUT2D eigenvalue weighted by Crippen LogP contribution is -2.14. The molecule has 6 rings (SSSR count). The van der Waals surface area contributed by atoms with Crippen molar-refractivity contribution in [2.24, 2.45) is 9.98 Å². The second kappa shape index (κ2) is 7.73. The fourth-order valence-corrected chi connectivity index (χ4v) is 4.81. The summed E-state index contributed by atoms with van der Waals surface area (Å²) in [5, 5.41) is 3.45. The predicted octanol–water partition coefficient (Wildman–Crippen LogP) is 5.18. The summed E-state index contributed by atoms with van der Waals surface area (Å²) in [5.41, 5.74) is 7.24. The summed E-state index contributed by atoms with van der Waals surface area (Å²) < 4.78 is 0. The molecule has 1 aliphatic heterocycles. The second-order valence-corrected chi connectivity index (χ2v) is 8.56. The van der Waals surface area contributed by atoms with Crippen molar-refractivity contribution in [1.29, 1.82) is 0 Å². The van der Waals surface area contributed by atoms with E-state index in [0.717, 1.165) is 54.3 Å². The molecule has 5 nitrogen and oxygen atoms in total. The zero-order valence-electron chi connectivity index (χ0n) is 17.6. The van der Waals surface area contributed by atoms with Crippen molar-refractivity contribution in [2.45, 2.75) is 51.4 Å². The lowest BCUT2D eigenvalue weighted by atomic mass is 9.96. The molecule has 0 unspecified atom stereocenters. The Hall–Kier alpha value is -3.34. The number of aliphatic imine (C=N–C) groups is 2. The number of aryl methyl sites for hydroxylation is 4. The molecule has 0 atom stereocenters. The van der Waals surface area contributed by atoms with Gasteiger partial charge in [0.05, 0.1) is 0 Å². The van der Waals surface area contributed by atoms with E-state index in [0.29, 0.717) is 5.84 Å². The molecule has 5 heteroatoms. The van der Waals surface area contributed by atoms with Crippen LogP contribution in [0.2, 0.25) is 0 Å². The summed E-state index contributed by atoms with van der Waals surface area (Å²) in [6.45, 7) is 0. The fourth-order valence-electron chi connectivity index (χ4n) is 4.81. The molecule has 31 heavy (non-hydrogen) atoms. The number of aromatic nitrogens is 2. The zero-order chi connectivity index (χ0) is 20.6. The number of hydrogen-bond donors (Lipinski definition) is 1. The molecule has 0 amide bonds. The minimum atomic E-state index is 0.708. The van der Waals surface area contributed by atoms with E-state index >= 15 is 0 Å². The van der Waals surface area contributed by atoms with Crippen molar-refractivity contribution < 1.29 is 0 Å². The number of anilines is 1. The highest BCUT2D eigenvalue weighted by molar-refractivity contribution is 6.26. The second-order valence-electron chi connectivity index (χ2n) is 8.56. The Balaban J connectivity index is 1.34. The summed E-state index contributed by atoms with van der Waals surface area (Å²) in [7, 11) is 0.